The largest absolute Gasteiger partial charge is 0.321 e. The van der Waals surface area contributed by atoms with Crippen molar-refractivity contribution in [3.05, 3.63) is 35.4 Å². The van der Waals surface area contributed by atoms with Crippen LogP contribution >= 0.6 is 11.8 Å². The van der Waals surface area contributed by atoms with Crippen molar-refractivity contribution in [2.45, 2.75) is 44.0 Å². The Hall–Kier alpha value is -1.00. The number of aryl methyl sites for hydroxylation is 1. The number of carbonyl (C=O) groups excluding carboxylic acids is 1. The van der Waals surface area contributed by atoms with E-state index in [1.54, 1.807) is 0 Å². The lowest BCUT2D eigenvalue weighted by molar-refractivity contribution is -0.128. The molecule has 2 unspecified atom stereocenters. The highest BCUT2D eigenvalue weighted by atomic mass is 32.2. The summed E-state index contributed by atoms with van der Waals surface area (Å²) >= 11 is 2.03. The molecule has 2 heterocycles. The van der Waals surface area contributed by atoms with Gasteiger partial charge < -0.3 is 4.90 Å². The van der Waals surface area contributed by atoms with Crippen molar-refractivity contribution >= 4 is 17.7 Å². The normalized spacial score (nSPS) is 26.3. The second kappa shape index (κ2) is 6.84. The Balaban J connectivity index is 1.71. The number of benzene rings is 1. The molecule has 0 radical (unpaired) electrons. The van der Waals surface area contributed by atoms with Gasteiger partial charge >= 0.3 is 0 Å². The first-order valence-electron chi connectivity index (χ1n) is 8.01. The van der Waals surface area contributed by atoms with E-state index in [9.17, 15) is 4.79 Å². The highest BCUT2D eigenvalue weighted by Crippen LogP contribution is 2.30. The van der Waals surface area contributed by atoms with E-state index in [2.05, 4.69) is 36.5 Å². The van der Waals surface area contributed by atoms with E-state index in [1.807, 2.05) is 16.7 Å². The van der Waals surface area contributed by atoms with E-state index in [0.29, 0.717) is 11.8 Å². The quantitative estimate of drug-likeness (QED) is 0.928. The Kier molecular flexibility index (Phi) is 4.86. The molecule has 1 amide bonds. The predicted octanol–water partition coefficient (Wildman–Crippen LogP) is 2.97. The number of hydrogen-bond acceptors (Lipinski definition) is 3. The average molecular weight is 304 g/mol. The highest BCUT2D eigenvalue weighted by molar-refractivity contribution is 7.99. The predicted molar refractivity (Wildman–Crippen MR) is 88.4 cm³/mol. The molecule has 2 aliphatic heterocycles. The van der Waals surface area contributed by atoms with E-state index in [0.717, 1.165) is 13.0 Å². The summed E-state index contributed by atoms with van der Waals surface area (Å²) in [6, 6.07) is 8.67. The number of nitrogens with zero attached hydrogens (tertiary/aromatic N) is 1. The van der Waals surface area contributed by atoms with Crippen LogP contribution < -0.4 is 5.32 Å². The molecule has 2 saturated heterocycles. The molecule has 2 aliphatic rings. The Bertz CT molecular complexity index is 482. The van der Waals surface area contributed by atoms with Crippen molar-refractivity contribution in [1.82, 2.24) is 10.2 Å². The van der Waals surface area contributed by atoms with E-state index < -0.39 is 0 Å². The van der Waals surface area contributed by atoms with Crippen LogP contribution in [0.25, 0.3) is 0 Å². The second-order valence-electron chi connectivity index (χ2n) is 5.91. The van der Waals surface area contributed by atoms with Crippen LogP contribution in [0.15, 0.2) is 24.3 Å². The van der Waals surface area contributed by atoms with Gasteiger partial charge in [0.05, 0.1) is 6.54 Å². The fraction of sp³-hybridized carbons (Fsp3) is 0.588. The van der Waals surface area contributed by atoms with Gasteiger partial charge in [0.1, 0.15) is 6.17 Å². The van der Waals surface area contributed by atoms with Crippen LogP contribution in [-0.4, -0.2) is 34.9 Å². The van der Waals surface area contributed by atoms with E-state index >= 15 is 0 Å². The maximum Gasteiger partial charge on any atom is 0.238 e. The molecular weight excluding hydrogens is 280 g/mol. The van der Waals surface area contributed by atoms with Crippen molar-refractivity contribution in [3.8, 4) is 0 Å². The molecule has 0 aromatic heterocycles. The summed E-state index contributed by atoms with van der Waals surface area (Å²) in [5, 5.41) is 3.98. The van der Waals surface area contributed by atoms with Gasteiger partial charge in [-0.05, 0) is 36.1 Å². The molecule has 114 valence electrons. The summed E-state index contributed by atoms with van der Waals surface area (Å²) in [5.74, 6) is 1.49. The Labute approximate surface area is 131 Å². The zero-order valence-corrected chi connectivity index (χ0v) is 13.5. The van der Waals surface area contributed by atoms with Crippen LogP contribution in [-0.2, 0) is 11.2 Å². The zero-order chi connectivity index (χ0) is 14.7. The second-order valence-corrected chi connectivity index (χ2v) is 7.32. The smallest absolute Gasteiger partial charge is 0.238 e. The molecule has 0 saturated carbocycles. The number of thioether (sulfide) groups is 1. The molecule has 2 atom stereocenters. The first kappa shape index (κ1) is 14.9. The number of nitrogens with one attached hydrogen (secondary N) is 1. The number of amides is 1. The van der Waals surface area contributed by atoms with E-state index in [-0.39, 0.29) is 12.1 Å². The third-order valence-electron chi connectivity index (χ3n) is 4.46. The van der Waals surface area contributed by atoms with E-state index in [4.69, 9.17) is 0 Å². The SMILES string of the molecule is CCc1ccc(C2NCC(=O)N2CC2CCCCS2)cc1. The van der Waals surface area contributed by atoms with Crippen molar-refractivity contribution in [2.24, 2.45) is 0 Å². The van der Waals surface area contributed by atoms with Gasteiger partial charge in [0, 0.05) is 11.8 Å². The summed E-state index contributed by atoms with van der Waals surface area (Å²) in [7, 11) is 0. The van der Waals surface area contributed by atoms with Gasteiger partial charge in [-0.1, -0.05) is 37.6 Å². The van der Waals surface area contributed by atoms with Gasteiger partial charge in [0.2, 0.25) is 5.91 Å². The summed E-state index contributed by atoms with van der Waals surface area (Å²) < 4.78 is 0. The van der Waals surface area contributed by atoms with Gasteiger partial charge in [-0.2, -0.15) is 11.8 Å². The summed E-state index contributed by atoms with van der Waals surface area (Å²) in [4.78, 5) is 14.3. The van der Waals surface area contributed by atoms with Crippen molar-refractivity contribution in [1.29, 1.82) is 0 Å². The molecule has 3 nitrogen and oxygen atoms in total. The number of rotatable bonds is 4. The fourth-order valence-corrected chi connectivity index (χ4v) is 4.45. The molecule has 1 N–H and O–H groups in total. The van der Waals surface area contributed by atoms with Crippen molar-refractivity contribution < 1.29 is 4.79 Å². The van der Waals surface area contributed by atoms with Gasteiger partial charge in [-0.3, -0.25) is 10.1 Å². The van der Waals surface area contributed by atoms with Crippen LogP contribution in [0.1, 0.15) is 43.5 Å². The van der Waals surface area contributed by atoms with Gasteiger partial charge in [-0.25, -0.2) is 0 Å². The van der Waals surface area contributed by atoms with Crippen LogP contribution in [0.2, 0.25) is 0 Å². The molecule has 1 aromatic rings. The summed E-state index contributed by atoms with van der Waals surface area (Å²) in [5.41, 5.74) is 2.55. The molecule has 0 spiro atoms. The minimum Gasteiger partial charge on any atom is -0.321 e. The molecular formula is C17H24N2OS. The third kappa shape index (κ3) is 3.43. The van der Waals surface area contributed by atoms with Crippen LogP contribution in [0.3, 0.4) is 0 Å². The molecule has 1 aromatic carbocycles. The number of hydrogen-bond donors (Lipinski definition) is 1. The highest BCUT2D eigenvalue weighted by Gasteiger charge is 2.33. The first-order valence-corrected chi connectivity index (χ1v) is 9.06. The summed E-state index contributed by atoms with van der Waals surface area (Å²) in [6.45, 7) is 3.52. The van der Waals surface area contributed by atoms with Crippen LogP contribution in [0.5, 0.6) is 0 Å². The number of carbonyl (C=O) groups is 1. The fourth-order valence-electron chi connectivity index (χ4n) is 3.15. The average Bonchev–Trinajstić information content (AvgIpc) is 2.90. The van der Waals surface area contributed by atoms with Gasteiger partial charge in [0.25, 0.3) is 0 Å². The van der Waals surface area contributed by atoms with Gasteiger partial charge in [-0.15, -0.1) is 0 Å². The Morgan fingerprint density at radius 1 is 1.29 bits per heavy atom. The molecule has 2 fully saturated rings. The molecule has 4 heteroatoms. The minimum absolute atomic E-state index is 0.0610. The first-order chi connectivity index (χ1) is 10.3. The Morgan fingerprint density at radius 2 is 2.10 bits per heavy atom. The molecule has 0 aliphatic carbocycles. The standard InChI is InChI=1S/C17H24N2OS/c1-2-13-6-8-14(9-7-13)17-18-11-16(20)19(17)12-15-5-3-4-10-21-15/h6-9,15,17-18H,2-5,10-12H2,1H3. The molecule has 21 heavy (non-hydrogen) atoms. The maximum atomic E-state index is 12.2. The lowest BCUT2D eigenvalue weighted by Gasteiger charge is -2.30. The maximum absolute atomic E-state index is 12.2. The third-order valence-corrected chi connectivity index (χ3v) is 5.84. The van der Waals surface area contributed by atoms with Crippen molar-refractivity contribution in [2.75, 3.05) is 18.8 Å². The Morgan fingerprint density at radius 3 is 2.76 bits per heavy atom. The monoisotopic (exact) mass is 304 g/mol. The lowest BCUT2D eigenvalue weighted by Crippen LogP contribution is -2.36. The zero-order valence-electron chi connectivity index (χ0n) is 12.7. The summed E-state index contributed by atoms with van der Waals surface area (Å²) in [6.07, 6.45) is 5.00. The molecule has 0 bridgehead atoms. The van der Waals surface area contributed by atoms with Crippen LogP contribution in [0.4, 0.5) is 0 Å². The topological polar surface area (TPSA) is 32.3 Å². The lowest BCUT2D eigenvalue weighted by atomic mass is 10.1. The van der Waals surface area contributed by atoms with Gasteiger partial charge in [0.15, 0.2) is 0 Å². The van der Waals surface area contributed by atoms with Crippen molar-refractivity contribution in [3.63, 3.8) is 0 Å². The van der Waals surface area contributed by atoms with Crippen LogP contribution in [0, 0.1) is 0 Å². The minimum atomic E-state index is 0.0610. The van der Waals surface area contributed by atoms with E-state index in [1.165, 1.54) is 36.1 Å². The molecule has 3 rings (SSSR count).